The first-order chi connectivity index (χ1) is 16.6. The van der Waals surface area contributed by atoms with Crippen molar-refractivity contribution in [3.8, 4) is 17.3 Å². The van der Waals surface area contributed by atoms with Crippen LogP contribution in [0, 0.1) is 5.82 Å². The summed E-state index contributed by atoms with van der Waals surface area (Å²) in [6.07, 6.45) is 1.36. The molecule has 2 aliphatic rings. The number of hydrogen-bond donors (Lipinski definition) is 0. The van der Waals surface area contributed by atoms with E-state index in [0.29, 0.717) is 51.7 Å². The van der Waals surface area contributed by atoms with Crippen LogP contribution in [0.15, 0.2) is 24.4 Å². The molecule has 0 spiro atoms. The predicted octanol–water partition coefficient (Wildman–Crippen LogP) is 2.14. The van der Waals surface area contributed by atoms with Gasteiger partial charge in [-0.3, -0.25) is 9.80 Å². The summed E-state index contributed by atoms with van der Waals surface area (Å²) < 4.78 is 35.5. The molecule has 2 saturated heterocycles. The summed E-state index contributed by atoms with van der Waals surface area (Å²) in [6, 6.07) is 4.01. The van der Waals surface area contributed by atoms with E-state index in [1.165, 1.54) is 24.4 Å². The number of carbonyl (C=O) groups is 1. The molecule has 0 atom stereocenters. The minimum Gasteiger partial charge on any atom is -0.462 e. The molecule has 9 nitrogen and oxygen atoms in total. The summed E-state index contributed by atoms with van der Waals surface area (Å²) in [6.45, 7) is 7.91. The van der Waals surface area contributed by atoms with Crippen LogP contribution >= 0.6 is 11.6 Å². The standard InChI is InChI=1S/C23H28ClFN4O5/c24-20-15-17(25)1-2-18(20)21-19(22(30)33-13-7-28-3-9-31-10-4-28)16-26-23(27-21)34-14-8-29-5-11-32-12-6-29/h1-2,15-16H,3-14H2. The Hall–Kier alpha value is -2.37. The van der Waals surface area contributed by atoms with Crippen molar-refractivity contribution in [2.24, 2.45) is 0 Å². The second kappa shape index (κ2) is 12.4. The second-order valence-electron chi connectivity index (χ2n) is 7.93. The molecule has 34 heavy (non-hydrogen) atoms. The van der Waals surface area contributed by atoms with E-state index in [9.17, 15) is 9.18 Å². The largest absolute Gasteiger partial charge is 0.462 e. The molecule has 0 unspecified atom stereocenters. The predicted molar refractivity (Wildman–Crippen MR) is 123 cm³/mol. The Morgan fingerprint density at radius 3 is 2.32 bits per heavy atom. The fourth-order valence-electron chi connectivity index (χ4n) is 3.73. The number of carbonyl (C=O) groups excluding carboxylic acids is 1. The number of halogens is 2. The molecule has 2 fully saturated rings. The van der Waals surface area contributed by atoms with Crippen LogP contribution in [-0.2, 0) is 14.2 Å². The lowest BCUT2D eigenvalue weighted by Crippen LogP contribution is -2.38. The van der Waals surface area contributed by atoms with Gasteiger partial charge in [-0.2, -0.15) is 4.98 Å². The molecule has 0 bridgehead atoms. The highest BCUT2D eigenvalue weighted by Gasteiger charge is 2.21. The maximum Gasteiger partial charge on any atom is 0.341 e. The monoisotopic (exact) mass is 494 g/mol. The van der Waals surface area contributed by atoms with Gasteiger partial charge in [-0.1, -0.05) is 11.6 Å². The number of aromatic nitrogens is 2. The van der Waals surface area contributed by atoms with E-state index in [1.807, 2.05) is 0 Å². The summed E-state index contributed by atoms with van der Waals surface area (Å²) in [4.78, 5) is 25.9. The molecule has 4 rings (SSSR count). The number of nitrogens with zero attached hydrogens (tertiary/aromatic N) is 4. The van der Waals surface area contributed by atoms with Gasteiger partial charge in [-0.25, -0.2) is 14.2 Å². The number of esters is 1. The van der Waals surface area contributed by atoms with E-state index < -0.39 is 11.8 Å². The quantitative estimate of drug-likeness (QED) is 0.486. The van der Waals surface area contributed by atoms with Crippen LogP contribution in [0.5, 0.6) is 6.01 Å². The van der Waals surface area contributed by atoms with Crippen LogP contribution in [0.1, 0.15) is 10.4 Å². The van der Waals surface area contributed by atoms with Crippen molar-refractivity contribution in [3.63, 3.8) is 0 Å². The zero-order chi connectivity index (χ0) is 23.8. The molecule has 0 radical (unpaired) electrons. The molecule has 1 aromatic heterocycles. The number of ether oxygens (including phenoxy) is 4. The first kappa shape index (κ1) is 24.7. The highest BCUT2D eigenvalue weighted by atomic mass is 35.5. The van der Waals surface area contributed by atoms with Gasteiger partial charge in [0.05, 0.1) is 37.1 Å². The molecule has 0 aliphatic carbocycles. The molecular formula is C23H28ClFN4O5. The molecular weight excluding hydrogens is 467 g/mol. The van der Waals surface area contributed by atoms with Gasteiger partial charge >= 0.3 is 12.0 Å². The number of hydrogen-bond acceptors (Lipinski definition) is 9. The summed E-state index contributed by atoms with van der Waals surface area (Å²) >= 11 is 6.27. The maximum absolute atomic E-state index is 13.6. The molecule has 1 aromatic carbocycles. The summed E-state index contributed by atoms with van der Waals surface area (Å²) in [5, 5.41) is 0.125. The van der Waals surface area contributed by atoms with Crippen LogP contribution in [0.4, 0.5) is 4.39 Å². The van der Waals surface area contributed by atoms with E-state index in [-0.39, 0.29) is 28.9 Å². The summed E-state index contributed by atoms with van der Waals surface area (Å²) in [7, 11) is 0. The minimum absolute atomic E-state index is 0.105. The van der Waals surface area contributed by atoms with Crippen molar-refractivity contribution in [1.29, 1.82) is 0 Å². The fourth-order valence-corrected chi connectivity index (χ4v) is 3.99. The van der Waals surface area contributed by atoms with E-state index in [1.54, 1.807) is 0 Å². The van der Waals surface area contributed by atoms with Crippen molar-refractivity contribution >= 4 is 17.6 Å². The van der Waals surface area contributed by atoms with Crippen molar-refractivity contribution in [3.05, 3.63) is 40.8 Å². The molecule has 0 amide bonds. The lowest BCUT2D eigenvalue weighted by molar-refractivity contribution is 0.0195. The van der Waals surface area contributed by atoms with Crippen LogP contribution in [0.3, 0.4) is 0 Å². The van der Waals surface area contributed by atoms with E-state index in [4.69, 9.17) is 30.5 Å². The van der Waals surface area contributed by atoms with Gasteiger partial charge in [-0.05, 0) is 18.2 Å². The first-order valence-corrected chi connectivity index (χ1v) is 11.7. The zero-order valence-electron chi connectivity index (χ0n) is 18.9. The topological polar surface area (TPSA) is 86.2 Å². The molecule has 2 aromatic rings. The summed E-state index contributed by atoms with van der Waals surface area (Å²) in [5.41, 5.74) is 0.761. The zero-order valence-corrected chi connectivity index (χ0v) is 19.6. The third-order valence-electron chi connectivity index (χ3n) is 5.66. The first-order valence-electron chi connectivity index (χ1n) is 11.3. The number of benzene rings is 1. The molecule has 0 N–H and O–H groups in total. The van der Waals surface area contributed by atoms with Crippen molar-refractivity contribution < 1.29 is 28.1 Å². The second-order valence-corrected chi connectivity index (χ2v) is 8.34. The van der Waals surface area contributed by atoms with Gasteiger partial charge in [-0.15, -0.1) is 0 Å². The number of morpholine rings is 2. The highest BCUT2D eigenvalue weighted by Crippen LogP contribution is 2.31. The smallest absolute Gasteiger partial charge is 0.341 e. The van der Waals surface area contributed by atoms with Crippen LogP contribution < -0.4 is 4.74 Å². The molecule has 184 valence electrons. The Labute approximate surface area is 202 Å². The van der Waals surface area contributed by atoms with Crippen LogP contribution in [-0.4, -0.2) is 105 Å². The third-order valence-corrected chi connectivity index (χ3v) is 5.97. The molecule has 0 saturated carbocycles. The summed E-state index contributed by atoms with van der Waals surface area (Å²) in [5.74, 6) is -1.07. The maximum atomic E-state index is 13.6. The van der Waals surface area contributed by atoms with Gasteiger partial charge in [0, 0.05) is 51.0 Å². The Bertz CT molecular complexity index is 970. The average molecular weight is 495 g/mol. The minimum atomic E-state index is -0.580. The molecule has 2 aliphatic heterocycles. The third kappa shape index (κ3) is 6.83. The average Bonchev–Trinajstić information content (AvgIpc) is 2.85. The normalized spacial score (nSPS) is 17.5. The van der Waals surface area contributed by atoms with Crippen LogP contribution in [0.2, 0.25) is 5.02 Å². The Kier molecular flexibility index (Phi) is 9.00. The Morgan fingerprint density at radius 2 is 1.68 bits per heavy atom. The molecule has 11 heteroatoms. The highest BCUT2D eigenvalue weighted by molar-refractivity contribution is 6.33. The van der Waals surface area contributed by atoms with E-state index in [2.05, 4.69) is 19.8 Å². The molecule has 3 heterocycles. The van der Waals surface area contributed by atoms with Gasteiger partial charge in [0.2, 0.25) is 0 Å². The van der Waals surface area contributed by atoms with Gasteiger partial charge in [0.15, 0.2) is 0 Å². The van der Waals surface area contributed by atoms with Gasteiger partial charge in [0.1, 0.15) is 24.6 Å². The number of rotatable bonds is 9. The SMILES string of the molecule is O=C(OCCN1CCOCC1)c1cnc(OCCN2CCOCC2)nc1-c1ccc(F)cc1Cl. The van der Waals surface area contributed by atoms with Crippen LogP contribution in [0.25, 0.3) is 11.3 Å². The fraction of sp³-hybridized carbons (Fsp3) is 0.522. The Balaban J connectivity index is 1.45. The van der Waals surface area contributed by atoms with Crippen molar-refractivity contribution in [1.82, 2.24) is 19.8 Å². The van der Waals surface area contributed by atoms with Crippen molar-refractivity contribution in [2.45, 2.75) is 0 Å². The van der Waals surface area contributed by atoms with Gasteiger partial charge < -0.3 is 18.9 Å². The van der Waals surface area contributed by atoms with Gasteiger partial charge in [0.25, 0.3) is 0 Å². The lowest BCUT2D eigenvalue weighted by Gasteiger charge is -2.26. The lowest BCUT2D eigenvalue weighted by atomic mass is 10.1. The van der Waals surface area contributed by atoms with E-state index in [0.717, 1.165) is 26.2 Å². The van der Waals surface area contributed by atoms with E-state index >= 15 is 0 Å². The van der Waals surface area contributed by atoms with Crippen molar-refractivity contribution in [2.75, 3.05) is 78.9 Å². The Morgan fingerprint density at radius 1 is 1.03 bits per heavy atom.